The molecular formula is C7H16O4Si. The van der Waals surface area contributed by atoms with E-state index in [9.17, 15) is 0 Å². The molecule has 0 atom stereocenters. The molecule has 0 saturated carbocycles. The third kappa shape index (κ3) is 3.46. The van der Waals surface area contributed by atoms with Gasteiger partial charge >= 0.3 is 0 Å². The molecule has 4 nitrogen and oxygen atoms in total. The highest BCUT2D eigenvalue weighted by Crippen LogP contribution is 2.12. The van der Waals surface area contributed by atoms with Crippen LogP contribution in [0.5, 0.6) is 0 Å². The predicted molar refractivity (Wildman–Crippen MR) is 48.5 cm³/mol. The second kappa shape index (κ2) is 6.33. The summed E-state index contributed by atoms with van der Waals surface area (Å²) < 4.78 is 20.4. The molecule has 0 fully saturated rings. The molecular weight excluding hydrogens is 176 g/mol. The molecule has 0 aliphatic carbocycles. The van der Waals surface area contributed by atoms with Crippen LogP contribution in [0.25, 0.3) is 0 Å². The van der Waals surface area contributed by atoms with E-state index in [0.29, 0.717) is 0 Å². The Morgan fingerprint density at radius 3 is 2.25 bits per heavy atom. The summed E-state index contributed by atoms with van der Waals surface area (Å²) in [4.78, 5) is 0. The summed E-state index contributed by atoms with van der Waals surface area (Å²) >= 11 is 0. The molecule has 0 aromatic rings. The standard InChI is InChI=1S/C7H16O4Si/c1-5-12-11-7(9-3,10-4)6-8-2/h5H,1,6,12H2,2-4H3. The second-order valence-corrected chi connectivity index (χ2v) is 3.32. The van der Waals surface area contributed by atoms with Gasteiger partial charge in [-0.1, -0.05) is 5.70 Å². The van der Waals surface area contributed by atoms with Gasteiger partial charge in [0.15, 0.2) is 9.76 Å². The van der Waals surface area contributed by atoms with Crippen molar-refractivity contribution in [3.63, 3.8) is 0 Å². The lowest BCUT2D eigenvalue weighted by Gasteiger charge is -2.29. The Bertz CT molecular complexity index is 125. The van der Waals surface area contributed by atoms with E-state index < -0.39 is 15.7 Å². The van der Waals surface area contributed by atoms with Crippen molar-refractivity contribution < 1.29 is 18.6 Å². The maximum atomic E-state index is 5.37. The molecule has 5 heteroatoms. The Morgan fingerprint density at radius 1 is 1.33 bits per heavy atom. The van der Waals surface area contributed by atoms with Crippen molar-refractivity contribution in [2.75, 3.05) is 27.9 Å². The van der Waals surface area contributed by atoms with E-state index in [-0.39, 0.29) is 6.61 Å². The van der Waals surface area contributed by atoms with Crippen molar-refractivity contribution in [2.45, 2.75) is 5.97 Å². The van der Waals surface area contributed by atoms with Crippen molar-refractivity contribution in [3.05, 3.63) is 12.3 Å². The lowest BCUT2D eigenvalue weighted by Crippen LogP contribution is -2.42. The number of hydrogen-bond acceptors (Lipinski definition) is 4. The maximum absolute atomic E-state index is 5.37. The van der Waals surface area contributed by atoms with E-state index >= 15 is 0 Å². The van der Waals surface area contributed by atoms with Crippen LogP contribution in [0, 0.1) is 0 Å². The summed E-state index contributed by atoms with van der Waals surface area (Å²) in [6.07, 6.45) is 0. The Balaban J connectivity index is 4.03. The highest BCUT2D eigenvalue weighted by molar-refractivity contribution is 6.34. The van der Waals surface area contributed by atoms with Crippen LogP contribution in [-0.2, 0) is 18.6 Å². The molecule has 0 rings (SSSR count). The van der Waals surface area contributed by atoms with Crippen LogP contribution in [0.15, 0.2) is 12.3 Å². The number of rotatable bonds is 7. The van der Waals surface area contributed by atoms with Gasteiger partial charge in [0.1, 0.15) is 6.61 Å². The molecule has 0 amide bonds. The van der Waals surface area contributed by atoms with E-state index in [2.05, 4.69) is 6.58 Å². The first kappa shape index (κ1) is 11.8. The van der Waals surface area contributed by atoms with E-state index in [4.69, 9.17) is 18.6 Å². The van der Waals surface area contributed by atoms with Crippen molar-refractivity contribution in [2.24, 2.45) is 0 Å². The maximum Gasteiger partial charge on any atom is 0.297 e. The first-order chi connectivity index (χ1) is 5.74. The van der Waals surface area contributed by atoms with Gasteiger partial charge in [0, 0.05) is 21.3 Å². The fraction of sp³-hybridized carbons (Fsp3) is 0.714. The van der Waals surface area contributed by atoms with E-state index in [1.807, 2.05) is 0 Å². The molecule has 0 saturated heterocycles. The van der Waals surface area contributed by atoms with Crippen molar-refractivity contribution in [1.82, 2.24) is 0 Å². The van der Waals surface area contributed by atoms with E-state index in [1.165, 1.54) is 14.2 Å². The fourth-order valence-corrected chi connectivity index (χ4v) is 1.41. The summed E-state index contributed by atoms with van der Waals surface area (Å²) in [6.45, 7) is 3.83. The topological polar surface area (TPSA) is 36.9 Å². The Hall–Kier alpha value is -0.203. The molecule has 12 heavy (non-hydrogen) atoms. The average Bonchev–Trinajstić information content (AvgIpc) is 2.13. The molecule has 0 aromatic heterocycles. The monoisotopic (exact) mass is 192 g/mol. The van der Waals surface area contributed by atoms with Gasteiger partial charge in [-0.05, 0) is 0 Å². The van der Waals surface area contributed by atoms with Gasteiger partial charge in [-0.3, -0.25) is 0 Å². The summed E-state index contributed by atoms with van der Waals surface area (Å²) in [5, 5.41) is 0. The van der Waals surface area contributed by atoms with Gasteiger partial charge in [0.25, 0.3) is 5.97 Å². The highest BCUT2D eigenvalue weighted by atomic mass is 28.2. The molecule has 0 aliphatic heterocycles. The Morgan fingerprint density at radius 2 is 1.92 bits per heavy atom. The number of ether oxygens (including phenoxy) is 3. The quantitative estimate of drug-likeness (QED) is 0.414. The minimum Gasteiger partial charge on any atom is -0.376 e. The SMILES string of the molecule is C=C[SiH2]OC(COC)(OC)OC. The van der Waals surface area contributed by atoms with E-state index in [1.54, 1.807) is 12.8 Å². The van der Waals surface area contributed by atoms with E-state index in [0.717, 1.165) is 0 Å². The van der Waals surface area contributed by atoms with Gasteiger partial charge in [0.2, 0.25) is 0 Å². The van der Waals surface area contributed by atoms with Crippen LogP contribution in [0.4, 0.5) is 0 Å². The first-order valence-electron chi connectivity index (χ1n) is 3.58. The second-order valence-electron chi connectivity index (χ2n) is 2.12. The predicted octanol–water partition coefficient (Wildman–Crippen LogP) is -0.177. The zero-order valence-corrected chi connectivity index (χ0v) is 9.25. The van der Waals surface area contributed by atoms with Crippen LogP contribution in [0.3, 0.4) is 0 Å². The summed E-state index contributed by atoms with van der Waals surface area (Å²) in [5.74, 6) is -1.05. The number of methoxy groups -OCH3 is 3. The Labute approximate surface area is 75.4 Å². The minimum atomic E-state index is -1.05. The van der Waals surface area contributed by atoms with Gasteiger partial charge < -0.3 is 18.6 Å². The van der Waals surface area contributed by atoms with Crippen molar-refractivity contribution in [3.8, 4) is 0 Å². The van der Waals surface area contributed by atoms with Gasteiger partial charge in [-0.25, -0.2) is 0 Å². The smallest absolute Gasteiger partial charge is 0.297 e. The molecule has 0 heterocycles. The summed E-state index contributed by atoms with van der Waals surface area (Å²) in [5.41, 5.74) is 1.75. The zero-order valence-electron chi connectivity index (χ0n) is 7.83. The summed E-state index contributed by atoms with van der Waals surface area (Å²) in [6, 6.07) is 0. The molecule has 0 N–H and O–H groups in total. The molecule has 0 spiro atoms. The summed E-state index contributed by atoms with van der Waals surface area (Å²) in [7, 11) is 3.80. The Kier molecular flexibility index (Phi) is 6.22. The van der Waals surface area contributed by atoms with Crippen LogP contribution >= 0.6 is 0 Å². The number of hydrogen-bond donors (Lipinski definition) is 0. The van der Waals surface area contributed by atoms with Gasteiger partial charge in [-0.15, -0.1) is 6.58 Å². The largest absolute Gasteiger partial charge is 0.376 e. The van der Waals surface area contributed by atoms with Crippen molar-refractivity contribution in [1.29, 1.82) is 0 Å². The fourth-order valence-electron chi connectivity index (χ4n) is 0.723. The lowest BCUT2D eigenvalue weighted by atomic mass is 10.6. The molecule has 0 aliphatic rings. The lowest BCUT2D eigenvalue weighted by molar-refractivity contribution is -0.339. The van der Waals surface area contributed by atoms with Crippen molar-refractivity contribution >= 4 is 9.76 Å². The van der Waals surface area contributed by atoms with Gasteiger partial charge in [0.05, 0.1) is 0 Å². The third-order valence-corrected chi connectivity index (χ3v) is 2.21. The van der Waals surface area contributed by atoms with Gasteiger partial charge in [-0.2, -0.15) is 0 Å². The van der Waals surface area contributed by atoms with Crippen LogP contribution < -0.4 is 0 Å². The molecule has 0 bridgehead atoms. The minimum absolute atomic E-state index is 0.251. The molecule has 72 valence electrons. The third-order valence-electron chi connectivity index (χ3n) is 1.36. The van der Waals surface area contributed by atoms with Crippen LogP contribution in [0.1, 0.15) is 0 Å². The molecule has 0 radical (unpaired) electrons. The van der Waals surface area contributed by atoms with Crippen LogP contribution in [-0.4, -0.2) is 43.7 Å². The normalized spacial score (nSPS) is 12.6. The zero-order chi connectivity index (χ0) is 9.45. The average molecular weight is 192 g/mol. The van der Waals surface area contributed by atoms with Crippen LogP contribution in [0.2, 0.25) is 0 Å². The molecule has 0 aromatic carbocycles. The molecule has 0 unspecified atom stereocenters. The first-order valence-corrected chi connectivity index (χ1v) is 4.98. The highest BCUT2D eigenvalue weighted by Gasteiger charge is 2.29.